The summed E-state index contributed by atoms with van der Waals surface area (Å²) in [5.41, 5.74) is 6.53. The first-order chi connectivity index (χ1) is 9.20. The van der Waals surface area contributed by atoms with Crippen molar-refractivity contribution in [1.82, 2.24) is 15.0 Å². The summed E-state index contributed by atoms with van der Waals surface area (Å²) in [6.07, 6.45) is 3.00. The lowest BCUT2D eigenvalue weighted by Crippen LogP contribution is -2.17. The van der Waals surface area contributed by atoms with Gasteiger partial charge in [-0.25, -0.2) is 4.98 Å². The van der Waals surface area contributed by atoms with Gasteiger partial charge in [0.1, 0.15) is 5.69 Å². The van der Waals surface area contributed by atoms with E-state index in [2.05, 4.69) is 20.1 Å². The second kappa shape index (κ2) is 6.01. The highest BCUT2D eigenvalue weighted by atomic mass is 32.2. The highest BCUT2D eigenvalue weighted by molar-refractivity contribution is 7.98. The number of oxime groups is 1. The third-order valence-electron chi connectivity index (χ3n) is 2.25. The van der Waals surface area contributed by atoms with E-state index in [0.29, 0.717) is 16.6 Å². The second-order valence-corrected chi connectivity index (χ2v) is 4.49. The van der Waals surface area contributed by atoms with Crippen molar-refractivity contribution in [2.45, 2.75) is 10.9 Å². The first kappa shape index (κ1) is 13.1. The van der Waals surface area contributed by atoms with E-state index < -0.39 is 0 Å². The molecule has 0 aromatic carbocycles. The molecular weight excluding hydrogens is 266 g/mol. The average molecular weight is 277 g/mol. The van der Waals surface area contributed by atoms with Gasteiger partial charge in [-0.05, 0) is 11.6 Å². The normalized spacial score (nSPS) is 11.5. The fraction of sp³-hybridized carbons (Fsp3) is 0.0909. The minimum Gasteiger partial charge on any atom is -0.409 e. The first-order valence-electron chi connectivity index (χ1n) is 5.30. The molecule has 0 amide bonds. The maximum atomic E-state index is 11.1. The van der Waals surface area contributed by atoms with Gasteiger partial charge in [0.15, 0.2) is 11.0 Å². The van der Waals surface area contributed by atoms with Crippen molar-refractivity contribution in [2.75, 3.05) is 0 Å². The van der Waals surface area contributed by atoms with Crippen molar-refractivity contribution >= 4 is 17.6 Å². The number of nitrogens with zero attached hydrogens (tertiary/aromatic N) is 3. The monoisotopic (exact) mass is 277 g/mol. The molecule has 0 atom stereocenters. The number of aromatic nitrogens is 3. The van der Waals surface area contributed by atoms with E-state index >= 15 is 0 Å². The lowest BCUT2D eigenvalue weighted by atomic mass is 10.2. The van der Waals surface area contributed by atoms with Crippen molar-refractivity contribution in [2.24, 2.45) is 10.9 Å². The van der Waals surface area contributed by atoms with Crippen molar-refractivity contribution in [3.63, 3.8) is 0 Å². The first-order valence-corrected chi connectivity index (χ1v) is 6.29. The molecule has 4 N–H and O–H groups in total. The summed E-state index contributed by atoms with van der Waals surface area (Å²) < 4.78 is 0. The van der Waals surface area contributed by atoms with Gasteiger partial charge in [0.25, 0.3) is 5.56 Å². The molecule has 0 saturated carbocycles. The van der Waals surface area contributed by atoms with Gasteiger partial charge in [-0.2, -0.15) is 0 Å². The van der Waals surface area contributed by atoms with Crippen LogP contribution in [-0.2, 0) is 5.75 Å². The Balaban J connectivity index is 2.18. The number of H-pyrrole nitrogens is 1. The molecule has 7 nitrogen and oxygen atoms in total. The third kappa shape index (κ3) is 3.32. The Morgan fingerprint density at radius 2 is 2.26 bits per heavy atom. The van der Waals surface area contributed by atoms with E-state index in [4.69, 9.17) is 10.9 Å². The number of hydrogen-bond acceptors (Lipinski definition) is 6. The van der Waals surface area contributed by atoms with E-state index in [-0.39, 0.29) is 11.4 Å². The van der Waals surface area contributed by atoms with Crippen LogP contribution in [0.1, 0.15) is 11.3 Å². The molecule has 0 aliphatic heterocycles. The van der Waals surface area contributed by atoms with Gasteiger partial charge in [-0.15, -0.1) is 0 Å². The molecule has 2 rings (SSSR count). The summed E-state index contributed by atoms with van der Waals surface area (Å²) >= 11 is 1.33. The van der Waals surface area contributed by atoms with Crippen molar-refractivity contribution in [3.8, 4) is 0 Å². The summed E-state index contributed by atoms with van der Waals surface area (Å²) in [5.74, 6) is 0.442. The van der Waals surface area contributed by atoms with Gasteiger partial charge in [0.2, 0.25) is 0 Å². The molecular formula is C11H11N5O2S. The number of aromatic amines is 1. The van der Waals surface area contributed by atoms with Gasteiger partial charge in [-0.3, -0.25) is 9.78 Å². The predicted octanol–water partition coefficient (Wildman–Crippen LogP) is 0.552. The number of hydrogen-bond donors (Lipinski definition) is 3. The van der Waals surface area contributed by atoms with E-state index in [0.717, 1.165) is 5.56 Å². The molecule has 0 fully saturated rings. The van der Waals surface area contributed by atoms with Crippen molar-refractivity contribution in [3.05, 3.63) is 52.2 Å². The average Bonchev–Trinajstić information content (AvgIpc) is 2.45. The molecule has 0 aliphatic rings. The van der Waals surface area contributed by atoms with Crippen LogP contribution in [0.15, 0.2) is 45.7 Å². The largest absolute Gasteiger partial charge is 0.409 e. The SMILES string of the molecule is NC(=NO)c1ncccc1CSc1nccc(=O)[nH]1. The zero-order chi connectivity index (χ0) is 13.7. The number of amidine groups is 1. The zero-order valence-electron chi connectivity index (χ0n) is 9.78. The van der Waals surface area contributed by atoms with Crippen LogP contribution < -0.4 is 11.3 Å². The second-order valence-electron chi connectivity index (χ2n) is 3.52. The molecule has 0 radical (unpaired) electrons. The maximum Gasteiger partial charge on any atom is 0.251 e. The van der Waals surface area contributed by atoms with Crippen LogP contribution in [0.5, 0.6) is 0 Å². The minimum absolute atomic E-state index is 0.0503. The predicted molar refractivity (Wildman–Crippen MR) is 71.2 cm³/mol. The van der Waals surface area contributed by atoms with E-state index in [1.807, 2.05) is 6.07 Å². The summed E-state index contributed by atoms with van der Waals surface area (Å²) in [5, 5.41) is 12.1. The fourth-order valence-corrected chi connectivity index (χ4v) is 2.24. The molecule has 98 valence electrons. The molecule has 0 spiro atoms. The lowest BCUT2D eigenvalue weighted by Gasteiger charge is -2.06. The van der Waals surface area contributed by atoms with Crippen molar-refractivity contribution < 1.29 is 5.21 Å². The Kier molecular flexibility index (Phi) is 4.14. The summed E-state index contributed by atoms with van der Waals surface area (Å²) in [6, 6.07) is 4.91. The van der Waals surface area contributed by atoms with Crippen LogP contribution in [0.4, 0.5) is 0 Å². The van der Waals surface area contributed by atoms with Gasteiger partial charge in [0.05, 0.1) is 0 Å². The Labute approximate surface area is 112 Å². The fourth-order valence-electron chi connectivity index (χ4n) is 1.40. The molecule has 0 bridgehead atoms. The molecule has 8 heteroatoms. The van der Waals surface area contributed by atoms with Crippen LogP contribution in [0.3, 0.4) is 0 Å². The molecule has 19 heavy (non-hydrogen) atoms. The zero-order valence-corrected chi connectivity index (χ0v) is 10.6. The van der Waals surface area contributed by atoms with E-state index in [1.54, 1.807) is 12.3 Å². The molecule has 0 saturated heterocycles. The molecule has 2 aromatic heterocycles. The third-order valence-corrected chi connectivity index (χ3v) is 3.19. The summed E-state index contributed by atoms with van der Waals surface area (Å²) in [4.78, 5) is 21.8. The Hall–Kier alpha value is -2.35. The Morgan fingerprint density at radius 3 is 3.00 bits per heavy atom. The standard InChI is InChI=1S/C11H11N5O2S/c12-10(16-18)9-7(2-1-4-13-9)6-19-11-14-5-3-8(17)15-11/h1-5,18H,6H2,(H2,12,16)(H,14,15,17). The van der Waals surface area contributed by atoms with Crippen LogP contribution in [-0.4, -0.2) is 26.0 Å². The highest BCUT2D eigenvalue weighted by Gasteiger charge is 2.09. The van der Waals surface area contributed by atoms with E-state index in [1.165, 1.54) is 24.0 Å². The molecule has 2 heterocycles. The smallest absolute Gasteiger partial charge is 0.251 e. The van der Waals surface area contributed by atoms with E-state index in [9.17, 15) is 4.79 Å². The van der Waals surface area contributed by atoms with Gasteiger partial charge in [0, 0.05) is 24.2 Å². The van der Waals surface area contributed by atoms with Gasteiger partial charge < -0.3 is 15.9 Å². The number of nitrogens with two attached hydrogens (primary N) is 1. The number of pyridine rings is 1. The minimum atomic E-state index is -0.208. The topological polar surface area (TPSA) is 117 Å². The number of rotatable bonds is 4. The Morgan fingerprint density at radius 1 is 1.42 bits per heavy atom. The maximum absolute atomic E-state index is 11.1. The van der Waals surface area contributed by atoms with Crippen LogP contribution >= 0.6 is 11.8 Å². The number of nitrogens with one attached hydrogen (secondary N) is 1. The highest BCUT2D eigenvalue weighted by Crippen LogP contribution is 2.19. The summed E-state index contributed by atoms with van der Waals surface area (Å²) in [6.45, 7) is 0. The van der Waals surface area contributed by atoms with Gasteiger partial charge >= 0.3 is 0 Å². The molecule has 2 aromatic rings. The van der Waals surface area contributed by atoms with Crippen LogP contribution in [0.2, 0.25) is 0 Å². The lowest BCUT2D eigenvalue weighted by molar-refractivity contribution is 0.318. The molecule has 0 aliphatic carbocycles. The van der Waals surface area contributed by atoms with Crippen LogP contribution in [0.25, 0.3) is 0 Å². The summed E-state index contributed by atoms with van der Waals surface area (Å²) in [7, 11) is 0. The van der Waals surface area contributed by atoms with Crippen LogP contribution in [0, 0.1) is 0 Å². The van der Waals surface area contributed by atoms with Gasteiger partial charge in [-0.1, -0.05) is 23.0 Å². The Bertz CT molecular complexity index is 655. The van der Waals surface area contributed by atoms with Crippen molar-refractivity contribution in [1.29, 1.82) is 0 Å². The number of thioether (sulfide) groups is 1. The quantitative estimate of drug-likeness (QED) is 0.188. The molecule has 0 unspecified atom stereocenters.